The van der Waals surface area contributed by atoms with Crippen LogP contribution in [0.15, 0.2) is 18.2 Å². The molecule has 1 fully saturated rings. The van der Waals surface area contributed by atoms with Crippen molar-refractivity contribution in [1.29, 1.82) is 0 Å². The van der Waals surface area contributed by atoms with Crippen molar-refractivity contribution < 1.29 is 4.79 Å². The molecule has 1 aromatic rings. The van der Waals surface area contributed by atoms with E-state index in [1.165, 1.54) is 29.7 Å². The number of fused-ring (bicyclic) bond motifs is 1. The van der Waals surface area contributed by atoms with Crippen LogP contribution in [-0.2, 0) is 11.2 Å². The Balaban J connectivity index is 2.04. The van der Waals surface area contributed by atoms with Crippen molar-refractivity contribution in [3.05, 3.63) is 29.3 Å². The van der Waals surface area contributed by atoms with E-state index in [1.54, 1.807) is 0 Å². The van der Waals surface area contributed by atoms with Crippen LogP contribution in [0.3, 0.4) is 0 Å². The highest BCUT2D eigenvalue weighted by atomic mass is 16.1. The number of anilines is 1. The number of benzene rings is 1. The maximum Gasteiger partial charge on any atom is 0.127 e. The van der Waals surface area contributed by atoms with E-state index in [1.807, 2.05) is 0 Å². The maximum absolute atomic E-state index is 11.1. The SMILES string of the molecule is O=CC1CCc2cccc(N3CCCC3)c21. The summed E-state index contributed by atoms with van der Waals surface area (Å²) in [6, 6.07) is 6.50. The zero-order valence-corrected chi connectivity index (χ0v) is 9.48. The first-order valence-corrected chi connectivity index (χ1v) is 6.22. The summed E-state index contributed by atoms with van der Waals surface area (Å²) in [5, 5.41) is 0. The van der Waals surface area contributed by atoms with Crippen LogP contribution in [0, 0.1) is 0 Å². The van der Waals surface area contributed by atoms with Gasteiger partial charge in [0.15, 0.2) is 0 Å². The summed E-state index contributed by atoms with van der Waals surface area (Å²) in [7, 11) is 0. The minimum atomic E-state index is 0.145. The van der Waals surface area contributed by atoms with Gasteiger partial charge in [0.1, 0.15) is 6.29 Å². The van der Waals surface area contributed by atoms with Gasteiger partial charge in [0.25, 0.3) is 0 Å². The van der Waals surface area contributed by atoms with Crippen molar-refractivity contribution in [1.82, 2.24) is 0 Å². The number of carbonyl (C=O) groups excluding carboxylic acids is 1. The van der Waals surface area contributed by atoms with Gasteiger partial charge in [-0.15, -0.1) is 0 Å². The van der Waals surface area contributed by atoms with Crippen LogP contribution in [-0.4, -0.2) is 19.4 Å². The Morgan fingerprint density at radius 1 is 1.25 bits per heavy atom. The van der Waals surface area contributed by atoms with E-state index in [-0.39, 0.29) is 5.92 Å². The first-order chi connectivity index (χ1) is 7.90. The monoisotopic (exact) mass is 215 g/mol. The van der Waals surface area contributed by atoms with Gasteiger partial charge in [-0.05, 0) is 42.9 Å². The van der Waals surface area contributed by atoms with Gasteiger partial charge in [-0.2, -0.15) is 0 Å². The van der Waals surface area contributed by atoms with Crippen molar-refractivity contribution in [3.63, 3.8) is 0 Å². The van der Waals surface area contributed by atoms with Crippen molar-refractivity contribution in [2.45, 2.75) is 31.6 Å². The van der Waals surface area contributed by atoms with Crippen LogP contribution < -0.4 is 4.90 Å². The summed E-state index contributed by atoms with van der Waals surface area (Å²) in [6.45, 7) is 2.31. The van der Waals surface area contributed by atoms with Crippen molar-refractivity contribution in [2.24, 2.45) is 0 Å². The van der Waals surface area contributed by atoms with Crippen LogP contribution in [0.1, 0.15) is 36.3 Å². The Labute approximate surface area is 96.3 Å². The second-order valence-electron chi connectivity index (χ2n) is 4.83. The first kappa shape index (κ1) is 9.88. The molecule has 0 aromatic heterocycles. The molecule has 1 atom stereocenters. The Morgan fingerprint density at radius 3 is 2.81 bits per heavy atom. The molecule has 1 aromatic carbocycles. The van der Waals surface area contributed by atoms with Gasteiger partial charge in [0, 0.05) is 24.7 Å². The van der Waals surface area contributed by atoms with E-state index in [0.717, 1.165) is 32.2 Å². The molecule has 0 bridgehead atoms. The fourth-order valence-electron chi connectivity index (χ4n) is 3.07. The molecular formula is C14H17NO. The Morgan fingerprint density at radius 2 is 2.06 bits per heavy atom. The molecule has 1 aliphatic carbocycles. The molecule has 1 saturated heterocycles. The molecule has 1 unspecified atom stereocenters. The minimum Gasteiger partial charge on any atom is -0.371 e. The van der Waals surface area contributed by atoms with Gasteiger partial charge in [-0.1, -0.05) is 12.1 Å². The lowest BCUT2D eigenvalue weighted by Gasteiger charge is -2.22. The highest BCUT2D eigenvalue weighted by molar-refractivity contribution is 5.73. The number of hydrogen-bond acceptors (Lipinski definition) is 2. The second-order valence-corrected chi connectivity index (χ2v) is 4.83. The van der Waals surface area contributed by atoms with E-state index < -0.39 is 0 Å². The molecule has 0 radical (unpaired) electrons. The third-order valence-corrected chi connectivity index (χ3v) is 3.88. The number of aryl methyl sites for hydroxylation is 1. The van der Waals surface area contributed by atoms with Gasteiger partial charge >= 0.3 is 0 Å². The van der Waals surface area contributed by atoms with Crippen LogP contribution in [0.5, 0.6) is 0 Å². The molecule has 2 aliphatic rings. The number of rotatable bonds is 2. The second kappa shape index (κ2) is 3.93. The number of aldehydes is 1. The average molecular weight is 215 g/mol. The van der Waals surface area contributed by atoms with Gasteiger partial charge in [-0.3, -0.25) is 0 Å². The highest BCUT2D eigenvalue weighted by Gasteiger charge is 2.27. The number of nitrogens with zero attached hydrogens (tertiary/aromatic N) is 1. The predicted octanol–water partition coefficient (Wildman–Crippen LogP) is 2.52. The molecule has 2 heteroatoms. The lowest BCUT2D eigenvalue weighted by Crippen LogP contribution is -2.20. The Kier molecular flexibility index (Phi) is 2.43. The topological polar surface area (TPSA) is 20.3 Å². The zero-order chi connectivity index (χ0) is 11.0. The Hall–Kier alpha value is -1.31. The smallest absolute Gasteiger partial charge is 0.127 e. The van der Waals surface area contributed by atoms with Crippen LogP contribution in [0.2, 0.25) is 0 Å². The fourth-order valence-corrected chi connectivity index (χ4v) is 3.07. The molecule has 1 heterocycles. The molecule has 0 amide bonds. The summed E-state index contributed by atoms with van der Waals surface area (Å²) >= 11 is 0. The molecule has 0 N–H and O–H groups in total. The van der Waals surface area contributed by atoms with Gasteiger partial charge < -0.3 is 9.69 Å². The van der Waals surface area contributed by atoms with Gasteiger partial charge in [-0.25, -0.2) is 0 Å². The van der Waals surface area contributed by atoms with E-state index in [4.69, 9.17) is 0 Å². The van der Waals surface area contributed by atoms with Gasteiger partial charge in [0.2, 0.25) is 0 Å². The summed E-state index contributed by atoms with van der Waals surface area (Å²) in [4.78, 5) is 13.6. The largest absolute Gasteiger partial charge is 0.371 e. The van der Waals surface area contributed by atoms with Gasteiger partial charge in [0.05, 0.1) is 0 Å². The molecule has 3 rings (SSSR count). The quantitative estimate of drug-likeness (QED) is 0.706. The molecule has 84 valence electrons. The summed E-state index contributed by atoms with van der Waals surface area (Å²) in [5.74, 6) is 0.145. The highest BCUT2D eigenvalue weighted by Crippen LogP contribution is 2.39. The Bertz CT molecular complexity index is 407. The first-order valence-electron chi connectivity index (χ1n) is 6.22. The predicted molar refractivity (Wildman–Crippen MR) is 65.0 cm³/mol. The third-order valence-electron chi connectivity index (χ3n) is 3.88. The van der Waals surface area contributed by atoms with Crippen molar-refractivity contribution in [2.75, 3.05) is 18.0 Å². The standard InChI is InChI=1S/C14H17NO/c16-10-12-7-6-11-4-3-5-13(14(11)12)15-8-1-2-9-15/h3-5,10,12H,1-2,6-9H2. The molecule has 0 saturated carbocycles. The maximum atomic E-state index is 11.1. The normalized spacial score (nSPS) is 23.5. The summed E-state index contributed by atoms with van der Waals surface area (Å²) < 4.78 is 0. The number of hydrogen-bond donors (Lipinski definition) is 0. The van der Waals surface area contributed by atoms with E-state index in [2.05, 4.69) is 23.1 Å². The summed E-state index contributed by atoms with van der Waals surface area (Å²) in [5.41, 5.74) is 4.03. The molecular weight excluding hydrogens is 198 g/mol. The molecule has 1 aliphatic heterocycles. The summed E-state index contributed by atoms with van der Waals surface area (Å²) in [6.07, 6.45) is 5.78. The molecule has 2 nitrogen and oxygen atoms in total. The lowest BCUT2D eigenvalue weighted by atomic mass is 10.00. The van der Waals surface area contributed by atoms with Crippen molar-refractivity contribution in [3.8, 4) is 0 Å². The zero-order valence-electron chi connectivity index (χ0n) is 9.48. The molecule has 0 spiro atoms. The van der Waals surface area contributed by atoms with Crippen molar-refractivity contribution >= 4 is 12.0 Å². The van der Waals surface area contributed by atoms with E-state index >= 15 is 0 Å². The molecule has 16 heavy (non-hydrogen) atoms. The van der Waals surface area contributed by atoms with E-state index in [9.17, 15) is 4.79 Å². The van der Waals surface area contributed by atoms with E-state index in [0.29, 0.717) is 0 Å². The van der Waals surface area contributed by atoms with Crippen LogP contribution >= 0.6 is 0 Å². The lowest BCUT2D eigenvalue weighted by molar-refractivity contribution is -0.109. The van der Waals surface area contributed by atoms with Crippen LogP contribution in [0.25, 0.3) is 0 Å². The average Bonchev–Trinajstić information content (AvgIpc) is 2.97. The minimum absolute atomic E-state index is 0.145. The fraction of sp³-hybridized carbons (Fsp3) is 0.500. The van der Waals surface area contributed by atoms with Crippen LogP contribution in [0.4, 0.5) is 5.69 Å². The number of carbonyl (C=O) groups is 1. The third kappa shape index (κ3) is 1.44.